The van der Waals surface area contributed by atoms with Gasteiger partial charge in [0.05, 0.1) is 23.0 Å². The molecule has 0 aliphatic rings. The first-order chi connectivity index (χ1) is 10.1. The highest BCUT2D eigenvalue weighted by Crippen LogP contribution is 2.35. The number of hydrogen-bond donors (Lipinski definition) is 1. The van der Waals surface area contributed by atoms with Crippen LogP contribution in [0.1, 0.15) is 28.7 Å². The molecule has 2 N–H and O–H groups in total. The number of halogens is 6. The first kappa shape index (κ1) is 16.2. The van der Waals surface area contributed by atoms with E-state index in [1.54, 1.807) is 0 Å². The van der Waals surface area contributed by atoms with Gasteiger partial charge in [0.1, 0.15) is 5.69 Å². The predicted octanol–water partition coefficient (Wildman–Crippen LogP) is 3.56. The van der Waals surface area contributed by atoms with E-state index in [1.165, 1.54) is 0 Å². The number of aromatic nitrogens is 2. The standard InChI is InChI=1S/C13H9F6N3/c14-12(15,16)7-3-2-6-21-11(7)10(20)8-4-1-5-9(22-8)13(17,18)19/h1-6,10H,20H2/t10-/m0/s1. The van der Waals surface area contributed by atoms with Crippen molar-refractivity contribution in [1.29, 1.82) is 0 Å². The molecule has 0 bridgehead atoms. The second-order valence-electron chi connectivity index (χ2n) is 4.36. The van der Waals surface area contributed by atoms with Crippen molar-refractivity contribution in [3.8, 4) is 0 Å². The van der Waals surface area contributed by atoms with Crippen LogP contribution in [0.4, 0.5) is 26.3 Å². The predicted molar refractivity (Wildman–Crippen MR) is 64.5 cm³/mol. The molecule has 2 aromatic rings. The molecule has 2 heterocycles. The number of nitrogens with zero attached hydrogens (tertiary/aromatic N) is 2. The first-order valence-electron chi connectivity index (χ1n) is 5.92. The zero-order valence-corrected chi connectivity index (χ0v) is 10.8. The zero-order valence-electron chi connectivity index (χ0n) is 10.8. The largest absolute Gasteiger partial charge is 0.433 e. The Balaban J connectivity index is 2.48. The molecule has 0 radical (unpaired) electrons. The molecule has 0 saturated carbocycles. The summed E-state index contributed by atoms with van der Waals surface area (Å²) in [5.74, 6) is 0. The van der Waals surface area contributed by atoms with Crippen molar-refractivity contribution in [2.24, 2.45) is 5.73 Å². The minimum absolute atomic E-state index is 0.348. The van der Waals surface area contributed by atoms with Crippen molar-refractivity contribution < 1.29 is 26.3 Å². The third-order valence-electron chi connectivity index (χ3n) is 2.82. The summed E-state index contributed by atoms with van der Waals surface area (Å²) >= 11 is 0. The van der Waals surface area contributed by atoms with E-state index < -0.39 is 35.3 Å². The molecule has 9 heteroatoms. The molecule has 2 rings (SSSR count). The maximum atomic E-state index is 12.9. The van der Waals surface area contributed by atoms with E-state index in [0.29, 0.717) is 6.07 Å². The average Bonchev–Trinajstić information content (AvgIpc) is 2.45. The summed E-state index contributed by atoms with van der Waals surface area (Å²) in [4.78, 5) is 6.83. The Kier molecular flexibility index (Phi) is 4.10. The Morgan fingerprint density at radius 3 is 2.18 bits per heavy atom. The number of hydrogen-bond acceptors (Lipinski definition) is 3. The smallest absolute Gasteiger partial charge is 0.318 e. The maximum Gasteiger partial charge on any atom is 0.433 e. The van der Waals surface area contributed by atoms with E-state index in [2.05, 4.69) is 9.97 Å². The fourth-order valence-corrected chi connectivity index (χ4v) is 1.83. The Hall–Kier alpha value is -2.16. The van der Waals surface area contributed by atoms with Gasteiger partial charge in [-0.1, -0.05) is 6.07 Å². The van der Waals surface area contributed by atoms with Crippen LogP contribution in [0.3, 0.4) is 0 Å². The Bertz CT molecular complexity index is 665. The second-order valence-corrected chi connectivity index (χ2v) is 4.36. The van der Waals surface area contributed by atoms with Gasteiger partial charge in [-0.15, -0.1) is 0 Å². The summed E-state index contributed by atoms with van der Waals surface area (Å²) in [7, 11) is 0. The molecule has 0 unspecified atom stereocenters. The Morgan fingerprint density at radius 2 is 1.59 bits per heavy atom. The van der Waals surface area contributed by atoms with Gasteiger partial charge in [0.15, 0.2) is 0 Å². The van der Waals surface area contributed by atoms with Crippen molar-refractivity contribution in [1.82, 2.24) is 9.97 Å². The van der Waals surface area contributed by atoms with Crippen LogP contribution >= 0.6 is 0 Å². The van der Waals surface area contributed by atoms with Gasteiger partial charge >= 0.3 is 12.4 Å². The third kappa shape index (κ3) is 3.35. The summed E-state index contributed by atoms with van der Waals surface area (Å²) in [6.45, 7) is 0. The van der Waals surface area contributed by atoms with Crippen LogP contribution in [0.15, 0.2) is 36.5 Å². The van der Waals surface area contributed by atoms with E-state index in [1.807, 2.05) is 0 Å². The molecule has 0 spiro atoms. The molecular weight excluding hydrogens is 312 g/mol. The maximum absolute atomic E-state index is 12.9. The minimum Gasteiger partial charge on any atom is -0.318 e. The first-order valence-corrected chi connectivity index (χ1v) is 5.92. The summed E-state index contributed by atoms with van der Waals surface area (Å²) in [6.07, 6.45) is -8.35. The van der Waals surface area contributed by atoms with Gasteiger partial charge in [-0.3, -0.25) is 4.98 Å². The van der Waals surface area contributed by atoms with Crippen molar-refractivity contribution >= 4 is 0 Å². The topological polar surface area (TPSA) is 51.8 Å². The molecule has 1 atom stereocenters. The highest BCUT2D eigenvalue weighted by atomic mass is 19.4. The highest BCUT2D eigenvalue weighted by Gasteiger charge is 2.37. The highest BCUT2D eigenvalue weighted by molar-refractivity contribution is 5.31. The molecule has 0 saturated heterocycles. The lowest BCUT2D eigenvalue weighted by molar-refractivity contribution is -0.141. The van der Waals surface area contributed by atoms with Gasteiger partial charge in [-0.05, 0) is 24.3 Å². The summed E-state index contributed by atoms with van der Waals surface area (Å²) in [5, 5.41) is 0. The molecule has 0 aliphatic heterocycles. The quantitative estimate of drug-likeness (QED) is 0.861. The second kappa shape index (κ2) is 5.56. The number of alkyl halides is 6. The summed E-state index contributed by atoms with van der Waals surface area (Å²) in [5.41, 5.74) is 2.36. The zero-order chi connectivity index (χ0) is 16.5. The number of nitrogens with two attached hydrogens (primary N) is 1. The lowest BCUT2D eigenvalue weighted by atomic mass is 10.0. The SMILES string of the molecule is N[C@@H](c1cccc(C(F)(F)F)n1)c1ncccc1C(F)(F)F. The molecule has 0 amide bonds. The molecule has 22 heavy (non-hydrogen) atoms. The molecule has 3 nitrogen and oxygen atoms in total. The molecule has 2 aromatic heterocycles. The van der Waals surface area contributed by atoms with Crippen LogP contribution in [0.25, 0.3) is 0 Å². The van der Waals surface area contributed by atoms with Crippen LogP contribution in [0, 0.1) is 0 Å². The summed E-state index contributed by atoms with van der Waals surface area (Å²) < 4.78 is 76.5. The molecule has 0 aromatic carbocycles. The van der Waals surface area contributed by atoms with Crippen molar-refractivity contribution in [2.75, 3.05) is 0 Å². The normalized spacial score (nSPS) is 14.0. The lowest BCUT2D eigenvalue weighted by Crippen LogP contribution is -2.22. The fraction of sp³-hybridized carbons (Fsp3) is 0.231. The van der Waals surface area contributed by atoms with E-state index in [4.69, 9.17) is 5.73 Å². The molecule has 118 valence electrons. The van der Waals surface area contributed by atoms with Crippen LogP contribution in [0.2, 0.25) is 0 Å². The molecule has 0 aliphatic carbocycles. The van der Waals surface area contributed by atoms with Gasteiger partial charge in [0.25, 0.3) is 0 Å². The van der Waals surface area contributed by atoms with Gasteiger partial charge in [-0.25, -0.2) is 4.98 Å². The van der Waals surface area contributed by atoms with Gasteiger partial charge in [0.2, 0.25) is 0 Å². The van der Waals surface area contributed by atoms with Crippen molar-refractivity contribution in [3.63, 3.8) is 0 Å². The van der Waals surface area contributed by atoms with Crippen LogP contribution < -0.4 is 5.73 Å². The van der Waals surface area contributed by atoms with Crippen molar-refractivity contribution in [3.05, 3.63) is 59.2 Å². The van der Waals surface area contributed by atoms with Crippen LogP contribution in [-0.4, -0.2) is 9.97 Å². The molecular formula is C13H9F6N3. The monoisotopic (exact) mass is 321 g/mol. The summed E-state index contributed by atoms with van der Waals surface area (Å²) in [6, 6.07) is 3.16. The lowest BCUT2D eigenvalue weighted by Gasteiger charge is -2.17. The number of rotatable bonds is 2. The van der Waals surface area contributed by atoms with E-state index >= 15 is 0 Å². The third-order valence-corrected chi connectivity index (χ3v) is 2.82. The number of pyridine rings is 2. The van der Waals surface area contributed by atoms with Crippen LogP contribution in [0.5, 0.6) is 0 Å². The van der Waals surface area contributed by atoms with Gasteiger partial charge < -0.3 is 5.73 Å². The van der Waals surface area contributed by atoms with Gasteiger partial charge in [0, 0.05) is 6.20 Å². The Morgan fingerprint density at radius 1 is 0.909 bits per heavy atom. The fourth-order valence-electron chi connectivity index (χ4n) is 1.83. The Labute approximate surface area is 120 Å². The van der Waals surface area contributed by atoms with Crippen LogP contribution in [-0.2, 0) is 12.4 Å². The van der Waals surface area contributed by atoms with E-state index in [9.17, 15) is 26.3 Å². The molecule has 0 fully saturated rings. The average molecular weight is 321 g/mol. The van der Waals surface area contributed by atoms with Gasteiger partial charge in [-0.2, -0.15) is 26.3 Å². The van der Waals surface area contributed by atoms with E-state index in [-0.39, 0.29) is 5.69 Å². The van der Waals surface area contributed by atoms with E-state index in [0.717, 1.165) is 30.5 Å². The van der Waals surface area contributed by atoms with Crippen molar-refractivity contribution in [2.45, 2.75) is 18.4 Å². The minimum atomic E-state index is -4.72.